The van der Waals surface area contributed by atoms with Crippen molar-refractivity contribution in [1.82, 2.24) is 14.0 Å². The molecule has 7 rings (SSSR count). The van der Waals surface area contributed by atoms with Gasteiger partial charge < -0.3 is 23.7 Å². The number of hydrogen-bond acceptors (Lipinski definition) is 10. The first-order valence-electron chi connectivity index (χ1n) is 18.2. The molecule has 5 aromatic rings. The second-order valence-corrected chi connectivity index (χ2v) is 13.5. The van der Waals surface area contributed by atoms with E-state index in [0.717, 1.165) is 21.6 Å². The number of rotatable bonds is 13. The third-order valence-electron chi connectivity index (χ3n) is 10.2. The largest absolute Gasteiger partial charge is 0.497 e. The molecule has 0 saturated carbocycles. The number of carbonyl (C=O) groups is 3. The summed E-state index contributed by atoms with van der Waals surface area (Å²) in [6, 6.07) is 32.8. The van der Waals surface area contributed by atoms with Gasteiger partial charge >= 0.3 is 5.69 Å². The molecule has 0 spiro atoms. The number of carbonyl (C=O) groups excluding carboxylic acids is 3. The van der Waals surface area contributed by atoms with Gasteiger partial charge in [-0.25, -0.2) is 4.79 Å². The van der Waals surface area contributed by atoms with E-state index in [2.05, 4.69) is 0 Å². The van der Waals surface area contributed by atoms with Gasteiger partial charge in [-0.1, -0.05) is 72.8 Å². The smallest absolute Gasteiger partial charge is 0.340 e. The summed E-state index contributed by atoms with van der Waals surface area (Å²) in [6.07, 6.45) is -1.09. The first-order valence-corrected chi connectivity index (χ1v) is 18.2. The Morgan fingerprint density at radius 2 is 1.29 bits per heavy atom. The number of nitrogens with zero attached hydrogens (tertiary/aromatic N) is 3. The van der Waals surface area contributed by atoms with Crippen LogP contribution >= 0.6 is 0 Å². The zero-order chi connectivity index (χ0) is 39.4. The third-order valence-corrected chi connectivity index (χ3v) is 10.2. The van der Waals surface area contributed by atoms with Crippen LogP contribution in [0.15, 0.2) is 125 Å². The number of imide groups is 1. The van der Waals surface area contributed by atoms with Crippen molar-refractivity contribution in [3.05, 3.63) is 164 Å². The summed E-state index contributed by atoms with van der Waals surface area (Å²) in [5, 5.41) is 0. The highest BCUT2D eigenvalue weighted by Crippen LogP contribution is 2.43. The van der Waals surface area contributed by atoms with Crippen LogP contribution in [0.3, 0.4) is 0 Å². The maximum atomic E-state index is 14.0. The molecule has 2 fully saturated rings. The summed E-state index contributed by atoms with van der Waals surface area (Å²) >= 11 is 0. The Bertz CT molecular complexity index is 2260. The Hall–Kier alpha value is -6.15. The van der Waals surface area contributed by atoms with Crippen molar-refractivity contribution >= 4 is 17.7 Å². The van der Waals surface area contributed by atoms with Crippen LogP contribution in [-0.4, -0.2) is 71.5 Å². The SMILES string of the molecule is COc1ccc(C(OC[C@H]2O[C@@H](n3cc(C)c(=O)n(C(=O)c4ccccc4)c3=O)C[C@@H]2OCN2C(=O)CCC2=O)(c2ccccc2)c2ccc(OC)cc2)cc1. The first kappa shape index (κ1) is 38.1. The highest BCUT2D eigenvalue weighted by Gasteiger charge is 2.44. The van der Waals surface area contributed by atoms with Gasteiger partial charge in [0.15, 0.2) is 0 Å². The topological polar surface area (TPSA) is 145 Å². The molecule has 0 radical (unpaired) electrons. The zero-order valence-electron chi connectivity index (χ0n) is 31.2. The molecule has 56 heavy (non-hydrogen) atoms. The maximum absolute atomic E-state index is 14.0. The molecule has 2 amide bonds. The van der Waals surface area contributed by atoms with Gasteiger partial charge in [0.25, 0.3) is 11.5 Å². The fourth-order valence-corrected chi connectivity index (χ4v) is 7.21. The van der Waals surface area contributed by atoms with Crippen molar-refractivity contribution in [3.63, 3.8) is 0 Å². The van der Waals surface area contributed by atoms with Gasteiger partial charge in [0.05, 0.1) is 26.9 Å². The Morgan fingerprint density at radius 1 is 0.750 bits per heavy atom. The molecule has 2 aliphatic rings. The van der Waals surface area contributed by atoms with Gasteiger partial charge in [-0.05, 0) is 60.0 Å². The monoisotopic (exact) mass is 759 g/mol. The number of likely N-dealkylation sites (tertiary alicyclic amines) is 1. The molecular weight excluding hydrogens is 718 g/mol. The predicted octanol–water partition coefficient (Wildman–Crippen LogP) is 4.81. The molecule has 3 atom stereocenters. The standard InChI is InChI=1S/C43H41N3O10/c1-28-25-44(42(51)46(40(28)49)41(50)29-10-6-4-7-11-29)39-24-35(54-27-45-37(47)22-23-38(45)48)36(56-39)26-55-43(30-12-8-5-9-13-30,31-14-18-33(52-2)19-15-31)32-16-20-34(53-3)21-17-32/h4-21,25,35-36,39H,22-24,26-27H2,1-3H3/t35-,36+,39+/m0/s1. The Morgan fingerprint density at radius 3 is 1.84 bits per heavy atom. The summed E-state index contributed by atoms with van der Waals surface area (Å²) in [7, 11) is 3.18. The van der Waals surface area contributed by atoms with Gasteiger partial charge in [-0.2, -0.15) is 4.57 Å². The molecule has 0 unspecified atom stereocenters. The summed E-state index contributed by atoms with van der Waals surface area (Å²) in [5.41, 5.74) is -0.211. The van der Waals surface area contributed by atoms with E-state index < -0.39 is 41.2 Å². The van der Waals surface area contributed by atoms with Crippen LogP contribution in [0.1, 0.15) is 58.1 Å². The third kappa shape index (κ3) is 7.31. The molecule has 3 heterocycles. The first-order chi connectivity index (χ1) is 27.1. The fraction of sp³-hybridized carbons (Fsp3) is 0.279. The van der Waals surface area contributed by atoms with E-state index in [4.69, 9.17) is 23.7 Å². The minimum Gasteiger partial charge on any atom is -0.497 e. The van der Waals surface area contributed by atoms with E-state index in [1.165, 1.54) is 29.8 Å². The minimum atomic E-state index is -1.23. The lowest BCUT2D eigenvalue weighted by molar-refractivity contribution is -0.150. The maximum Gasteiger partial charge on any atom is 0.340 e. The normalized spacial score (nSPS) is 18.3. The molecule has 1 aromatic heterocycles. The molecule has 0 bridgehead atoms. The number of hydrogen-bond donors (Lipinski definition) is 0. The second-order valence-electron chi connectivity index (χ2n) is 13.5. The van der Waals surface area contributed by atoms with E-state index >= 15 is 0 Å². The van der Waals surface area contributed by atoms with Crippen LogP contribution in [0.5, 0.6) is 11.5 Å². The second kappa shape index (κ2) is 16.3. The summed E-state index contributed by atoms with van der Waals surface area (Å²) in [5.74, 6) is -0.168. The number of aromatic nitrogens is 2. The lowest BCUT2D eigenvalue weighted by Crippen LogP contribution is -2.45. The van der Waals surface area contributed by atoms with Gasteiger partial charge in [0.1, 0.15) is 36.2 Å². The van der Waals surface area contributed by atoms with Crippen molar-refractivity contribution in [2.75, 3.05) is 27.6 Å². The van der Waals surface area contributed by atoms with Gasteiger partial charge in [-0.3, -0.25) is 28.6 Å². The average Bonchev–Trinajstić information content (AvgIpc) is 3.80. The Balaban J connectivity index is 1.29. The van der Waals surface area contributed by atoms with Crippen LogP contribution in [0.25, 0.3) is 0 Å². The number of aryl methyl sites for hydroxylation is 1. The summed E-state index contributed by atoms with van der Waals surface area (Å²) < 4.78 is 32.7. The molecule has 13 heteroatoms. The van der Waals surface area contributed by atoms with Gasteiger partial charge in [0.2, 0.25) is 11.8 Å². The number of benzene rings is 4. The lowest BCUT2D eigenvalue weighted by Gasteiger charge is -2.37. The molecule has 4 aromatic carbocycles. The summed E-state index contributed by atoms with van der Waals surface area (Å²) in [4.78, 5) is 67.0. The molecule has 0 aliphatic carbocycles. The predicted molar refractivity (Wildman–Crippen MR) is 203 cm³/mol. The van der Waals surface area contributed by atoms with Gasteiger partial charge in [-0.15, -0.1) is 0 Å². The van der Waals surface area contributed by atoms with Crippen molar-refractivity contribution < 1.29 is 38.1 Å². The lowest BCUT2D eigenvalue weighted by atomic mass is 9.80. The molecule has 288 valence electrons. The number of amides is 2. The summed E-state index contributed by atoms with van der Waals surface area (Å²) in [6.45, 7) is 1.08. The number of methoxy groups -OCH3 is 2. The average molecular weight is 760 g/mol. The molecular formula is C43H41N3O10. The molecule has 2 saturated heterocycles. The van der Waals surface area contributed by atoms with Crippen LogP contribution in [0.4, 0.5) is 0 Å². The van der Waals surface area contributed by atoms with Gasteiger partial charge in [0, 0.05) is 36.6 Å². The zero-order valence-corrected chi connectivity index (χ0v) is 31.2. The minimum absolute atomic E-state index is 0.0603. The fourth-order valence-electron chi connectivity index (χ4n) is 7.21. The van der Waals surface area contributed by atoms with Crippen LogP contribution in [-0.2, 0) is 29.4 Å². The van der Waals surface area contributed by atoms with Crippen molar-refractivity contribution in [2.45, 2.75) is 50.2 Å². The van der Waals surface area contributed by atoms with E-state index in [0.29, 0.717) is 16.1 Å². The molecule has 13 nitrogen and oxygen atoms in total. The van der Waals surface area contributed by atoms with Crippen LogP contribution < -0.4 is 20.7 Å². The number of ether oxygens (including phenoxy) is 5. The van der Waals surface area contributed by atoms with Crippen molar-refractivity contribution in [2.24, 2.45) is 0 Å². The molecule has 2 aliphatic heterocycles. The van der Waals surface area contributed by atoms with Crippen LogP contribution in [0, 0.1) is 6.92 Å². The van der Waals surface area contributed by atoms with Crippen molar-refractivity contribution in [3.8, 4) is 11.5 Å². The van der Waals surface area contributed by atoms with E-state index in [-0.39, 0.29) is 55.5 Å². The van der Waals surface area contributed by atoms with E-state index in [9.17, 15) is 24.0 Å². The quantitative estimate of drug-likeness (QED) is 0.121. The molecule has 0 N–H and O–H groups in total. The highest BCUT2D eigenvalue weighted by atomic mass is 16.6. The van der Waals surface area contributed by atoms with Crippen molar-refractivity contribution in [1.29, 1.82) is 0 Å². The van der Waals surface area contributed by atoms with E-state index in [1.807, 2.05) is 78.9 Å². The Labute approximate surface area is 322 Å². The van der Waals surface area contributed by atoms with E-state index in [1.54, 1.807) is 32.4 Å². The Kier molecular flexibility index (Phi) is 11.1. The van der Waals surface area contributed by atoms with Crippen LogP contribution in [0.2, 0.25) is 0 Å². The highest BCUT2D eigenvalue weighted by molar-refractivity contribution is 6.01.